The Balaban J connectivity index is 2.03. The lowest BCUT2D eigenvalue weighted by Gasteiger charge is -2.24. The van der Waals surface area contributed by atoms with E-state index in [4.69, 9.17) is 0 Å². The summed E-state index contributed by atoms with van der Waals surface area (Å²) in [5.41, 5.74) is 1.18. The van der Waals surface area contributed by atoms with Gasteiger partial charge in [0.25, 0.3) is 5.91 Å². The van der Waals surface area contributed by atoms with Crippen LogP contribution in [-0.4, -0.2) is 53.6 Å². The summed E-state index contributed by atoms with van der Waals surface area (Å²) >= 11 is 0. The van der Waals surface area contributed by atoms with E-state index >= 15 is 0 Å². The first kappa shape index (κ1) is 19.2. The highest BCUT2D eigenvalue weighted by Crippen LogP contribution is 2.23. The molecule has 2 amide bonds. The Bertz CT molecular complexity index is 603. The quantitative estimate of drug-likeness (QED) is 0.703. The first-order valence-corrected chi connectivity index (χ1v) is 8.98. The summed E-state index contributed by atoms with van der Waals surface area (Å²) in [4.78, 5) is 26.6. The predicted octanol–water partition coefficient (Wildman–Crippen LogP) is 1.86. The van der Waals surface area contributed by atoms with Gasteiger partial charge >= 0.3 is 0 Å². The molecule has 3 N–H and O–H groups in total. The zero-order valence-electron chi connectivity index (χ0n) is 15.3. The van der Waals surface area contributed by atoms with Crippen molar-refractivity contribution in [2.24, 2.45) is 5.92 Å². The van der Waals surface area contributed by atoms with Crippen molar-refractivity contribution >= 4 is 17.5 Å². The molecule has 1 aliphatic rings. The van der Waals surface area contributed by atoms with E-state index in [0.29, 0.717) is 23.7 Å². The molecule has 6 heteroatoms. The number of aliphatic hydroxyl groups is 1. The van der Waals surface area contributed by atoms with E-state index in [1.807, 2.05) is 19.1 Å². The van der Waals surface area contributed by atoms with Crippen molar-refractivity contribution in [2.75, 3.05) is 25.0 Å². The number of likely N-dealkylation sites (tertiary alicyclic amines) is 1. The zero-order chi connectivity index (χ0) is 18.4. The Morgan fingerprint density at radius 1 is 1.28 bits per heavy atom. The second kappa shape index (κ2) is 8.85. The van der Waals surface area contributed by atoms with Crippen LogP contribution in [0.5, 0.6) is 0 Å². The van der Waals surface area contributed by atoms with Crippen LogP contribution < -0.4 is 10.6 Å². The van der Waals surface area contributed by atoms with Gasteiger partial charge in [-0.05, 0) is 37.8 Å². The molecule has 1 aromatic carbocycles. The summed E-state index contributed by atoms with van der Waals surface area (Å²) in [6, 6.07) is 7.18. The summed E-state index contributed by atoms with van der Waals surface area (Å²) in [7, 11) is 0. The van der Waals surface area contributed by atoms with Gasteiger partial charge in [-0.1, -0.05) is 26.0 Å². The third kappa shape index (κ3) is 4.95. The number of amides is 2. The van der Waals surface area contributed by atoms with E-state index < -0.39 is 0 Å². The van der Waals surface area contributed by atoms with E-state index in [2.05, 4.69) is 24.5 Å². The van der Waals surface area contributed by atoms with Crippen LogP contribution >= 0.6 is 0 Å². The maximum atomic E-state index is 12.8. The molecule has 0 bridgehead atoms. The Morgan fingerprint density at radius 2 is 2.00 bits per heavy atom. The average molecular weight is 347 g/mol. The van der Waals surface area contributed by atoms with Crippen molar-refractivity contribution in [3.8, 4) is 0 Å². The van der Waals surface area contributed by atoms with Crippen LogP contribution in [0.25, 0.3) is 0 Å². The fourth-order valence-corrected chi connectivity index (χ4v) is 2.92. The standard InChI is InChI=1S/C19H29N3O3/c1-13(2)14(3)21-18(24)11-20-17-9-5-4-8-16(17)19(25)22-10-6-7-15(22)12-23/h4-5,8-9,13-15,20,23H,6-7,10-12H2,1-3H3,(H,21,24)/t14-,15+/m0/s1. The Morgan fingerprint density at radius 3 is 2.68 bits per heavy atom. The van der Waals surface area contributed by atoms with Gasteiger partial charge in [-0.15, -0.1) is 0 Å². The van der Waals surface area contributed by atoms with Gasteiger partial charge in [-0.2, -0.15) is 0 Å². The lowest BCUT2D eigenvalue weighted by atomic mass is 10.1. The minimum atomic E-state index is -0.115. The lowest BCUT2D eigenvalue weighted by Crippen LogP contribution is -2.40. The third-order valence-corrected chi connectivity index (χ3v) is 4.83. The van der Waals surface area contributed by atoms with E-state index in [-0.39, 0.29) is 37.0 Å². The smallest absolute Gasteiger partial charge is 0.256 e. The highest BCUT2D eigenvalue weighted by atomic mass is 16.3. The number of nitrogens with one attached hydrogen (secondary N) is 2. The molecule has 1 aliphatic heterocycles. The largest absolute Gasteiger partial charge is 0.394 e. The molecule has 1 aromatic rings. The molecule has 1 saturated heterocycles. The summed E-state index contributed by atoms with van der Waals surface area (Å²) in [6.07, 6.45) is 1.73. The van der Waals surface area contributed by atoms with E-state index in [1.54, 1.807) is 17.0 Å². The van der Waals surface area contributed by atoms with Crippen molar-refractivity contribution in [3.05, 3.63) is 29.8 Å². The van der Waals surface area contributed by atoms with Crippen molar-refractivity contribution < 1.29 is 14.7 Å². The number of carbonyl (C=O) groups is 2. The van der Waals surface area contributed by atoms with Crippen LogP contribution in [0.3, 0.4) is 0 Å². The molecular formula is C19H29N3O3. The number of carbonyl (C=O) groups excluding carboxylic acids is 2. The third-order valence-electron chi connectivity index (χ3n) is 4.83. The van der Waals surface area contributed by atoms with Gasteiger partial charge in [-0.25, -0.2) is 0 Å². The van der Waals surface area contributed by atoms with Crippen LogP contribution in [0.4, 0.5) is 5.69 Å². The van der Waals surface area contributed by atoms with Crippen molar-refractivity contribution in [3.63, 3.8) is 0 Å². The van der Waals surface area contributed by atoms with E-state index in [0.717, 1.165) is 12.8 Å². The number of aliphatic hydroxyl groups excluding tert-OH is 1. The van der Waals surface area contributed by atoms with E-state index in [9.17, 15) is 14.7 Å². The first-order chi connectivity index (χ1) is 11.9. The van der Waals surface area contributed by atoms with E-state index in [1.165, 1.54) is 0 Å². The number of benzene rings is 1. The summed E-state index contributed by atoms with van der Waals surface area (Å²) in [5, 5.41) is 15.5. The van der Waals surface area contributed by atoms with Gasteiger partial charge in [0.15, 0.2) is 0 Å². The second-order valence-corrected chi connectivity index (χ2v) is 6.98. The highest BCUT2D eigenvalue weighted by molar-refractivity contribution is 6.00. The monoisotopic (exact) mass is 347 g/mol. The Hall–Kier alpha value is -2.08. The molecule has 6 nitrogen and oxygen atoms in total. The molecule has 138 valence electrons. The van der Waals surface area contributed by atoms with Gasteiger partial charge in [0.1, 0.15) is 0 Å². The molecule has 1 fully saturated rings. The average Bonchev–Trinajstić information content (AvgIpc) is 3.08. The van der Waals surface area contributed by atoms with Crippen LogP contribution in [0, 0.1) is 5.92 Å². The molecule has 0 aromatic heterocycles. The SMILES string of the molecule is CC(C)[C@H](C)NC(=O)CNc1ccccc1C(=O)N1CCC[C@@H]1CO. The molecule has 0 aliphatic carbocycles. The van der Waals surface area contributed by atoms with Crippen LogP contribution in [0.1, 0.15) is 44.0 Å². The molecule has 2 rings (SSSR count). The zero-order valence-corrected chi connectivity index (χ0v) is 15.3. The summed E-state index contributed by atoms with van der Waals surface area (Å²) < 4.78 is 0. The maximum absolute atomic E-state index is 12.8. The molecule has 0 unspecified atom stereocenters. The van der Waals surface area contributed by atoms with Crippen LogP contribution in [0.2, 0.25) is 0 Å². The molecular weight excluding hydrogens is 318 g/mol. The number of hydrogen-bond donors (Lipinski definition) is 3. The minimum absolute atomic E-state index is 0.0170. The molecule has 1 heterocycles. The first-order valence-electron chi connectivity index (χ1n) is 8.98. The highest BCUT2D eigenvalue weighted by Gasteiger charge is 2.29. The van der Waals surface area contributed by atoms with Crippen molar-refractivity contribution in [2.45, 2.75) is 45.7 Å². The number of rotatable bonds is 7. The molecule has 0 spiro atoms. The van der Waals surface area contributed by atoms with Gasteiger partial charge < -0.3 is 20.6 Å². The molecule has 25 heavy (non-hydrogen) atoms. The number of hydrogen-bond acceptors (Lipinski definition) is 4. The van der Waals surface area contributed by atoms with Crippen LogP contribution in [0.15, 0.2) is 24.3 Å². The summed E-state index contributed by atoms with van der Waals surface area (Å²) in [5.74, 6) is 0.164. The van der Waals surface area contributed by atoms with Gasteiger partial charge in [-0.3, -0.25) is 9.59 Å². The Kier molecular flexibility index (Phi) is 6.82. The van der Waals surface area contributed by atoms with Gasteiger partial charge in [0.2, 0.25) is 5.91 Å². The Labute approximate surface area is 149 Å². The molecule has 2 atom stereocenters. The van der Waals surface area contributed by atoms with Crippen LogP contribution in [-0.2, 0) is 4.79 Å². The van der Waals surface area contributed by atoms with Gasteiger partial charge in [0, 0.05) is 18.3 Å². The summed E-state index contributed by atoms with van der Waals surface area (Å²) in [6.45, 7) is 6.84. The van der Waals surface area contributed by atoms with Crippen molar-refractivity contribution in [1.82, 2.24) is 10.2 Å². The molecule has 0 radical (unpaired) electrons. The van der Waals surface area contributed by atoms with Gasteiger partial charge in [0.05, 0.1) is 24.8 Å². The van der Waals surface area contributed by atoms with Crippen molar-refractivity contribution in [1.29, 1.82) is 0 Å². The predicted molar refractivity (Wildman–Crippen MR) is 98.5 cm³/mol. The normalized spacial score (nSPS) is 18.3. The lowest BCUT2D eigenvalue weighted by molar-refractivity contribution is -0.120. The number of para-hydroxylation sites is 1. The fraction of sp³-hybridized carbons (Fsp3) is 0.579. The molecule has 0 saturated carbocycles. The minimum Gasteiger partial charge on any atom is -0.394 e. The number of anilines is 1. The second-order valence-electron chi connectivity index (χ2n) is 6.98. The maximum Gasteiger partial charge on any atom is 0.256 e. The topological polar surface area (TPSA) is 81.7 Å². The fourth-order valence-electron chi connectivity index (χ4n) is 2.92. The number of nitrogens with zero attached hydrogens (tertiary/aromatic N) is 1.